The fourth-order valence-corrected chi connectivity index (χ4v) is 2.49. The average Bonchev–Trinajstić information content (AvgIpc) is 2.42. The van der Waals surface area contributed by atoms with Gasteiger partial charge in [-0.1, -0.05) is 44.2 Å². The minimum atomic E-state index is 0.355. The highest BCUT2D eigenvalue weighted by atomic mass is 14.3. The minimum Gasteiger partial charge on any atom is -0.0689 e. The van der Waals surface area contributed by atoms with Crippen LogP contribution in [0, 0.1) is 6.58 Å². The monoisotopic (exact) mass is 199 g/mol. The van der Waals surface area contributed by atoms with Gasteiger partial charge in [-0.15, -0.1) is 0 Å². The van der Waals surface area contributed by atoms with Crippen molar-refractivity contribution in [3.05, 3.63) is 47.0 Å². The molecule has 0 fully saturated rings. The topological polar surface area (TPSA) is 0 Å². The van der Waals surface area contributed by atoms with Gasteiger partial charge < -0.3 is 0 Å². The van der Waals surface area contributed by atoms with Gasteiger partial charge in [0.25, 0.3) is 0 Å². The van der Waals surface area contributed by atoms with Gasteiger partial charge in [0.15, 0.2) is 0 Å². The van der Waals surface area contributed by atoms with Crippen LogP contribution in [0.2, 0.25) is 0 Å². The Hall–Kier alpha value is -1.04. The number of allylic oxidation sites excluding steroid dienone is 1. The summed E-state index contributed by atoms with van der Waals surface area (Å²) in [6.07, 6.45) is 3.41. The Morgan fingerprint density at radius 2 is 2.13 bits per heavy atom. The van der Waals surface area contributed by atoms with E-state index in [9.17, 15) is 0 Å². The molecule has 0 heterocycles. The van der Waals surface area contributed by atoms with E-state index in [1.54, 1.807) is 0 Å². The van der Waals surface area contributed by atoms with Gasteiger partial charge in [-0.25, -0.2) is 0 Å². The van der Waals surface area contributed by atoms with Crippen molar-refractivity contribution in [2.24, 2.45) is 0 Å². The first-order valence-corrected chi connectivity index (χ1v) is 5.69. The van der Waals surface area contributed by atoms with Crippen LogP contribution >= 0.6 is 0 Å². The van der Waals surface area contributed by atoms with Crippen LogP contribution in [0.25, 0.3) is 0 Å². The van der Waals surface area contributed by atoms with Crippen LogP contribution in [0.15, 0.2) is 23.8 Å². The van der Waals surface area contributed by atoms with E-state index in [1.807, 2.05) is 6.92 Å². The Balaban J connectivity index is 2.37. The molecule has 0 bridgehead atoms. The molecule has 0 saturated carbocycles. The molecule has 1 aromatic carbocycles. The van der Waals surface area contributed by atoms with Crippen molar-refractivity contribution in [2.75, 3.05) is 0 Å². The maximum atomic E-state index is 5.75. The molecule has 2 rings (SSSR count). The van der Waals surface area contributed by atoms with E-state index in [4.69, 9.17) is 6.58 Å². The lowest BCUT2D eigenvalue weighted by molar-refractivity contribution is 0.522. The molecule has 0 aromatic heterocycles. The molecule has 1 aliphatic carbocycles. The molecule has 0 unspecified atom stereocenters. The van der Waals surface area contributed by atoms with Gasteiger partial charge in [0, 0.05) is 0 Å². The largest absolute Gasteiger partial charge is 0.0689 e. The smallest absolute Gasteiger partial charge is 0.00667 e. The zero-order valence-corrected chi connectivity index (χ0v) is 9.93. The molecular formula is C15H19. The Morgan fingerprint density at radius 3 is 2.80 bits per heavy atom. The number of rotatable bonds is 2. The van der Waals surface area contributed by atoms with E-state index in [0.29, 0.717) is 5.41 Å². The van der Waals surface area contributed by atoms with Crippen molar-refractivity contribution in [2.45, 2.75) is 45.4 Å². The Labute approximate surface area is 93.0 Å². The third-order valence-corrected chi connectivity index (χ3v) is 3.41. The maximum absolute atomic E-state index is 5.75. The molecule has 0 saturated heterocycles. The molecule has 0 atom stereocenters. The fourth-order valence-electron chi connectivity index (χ4n) is 2.49. The molecule has 0 nitrogen and oxygen atoms in total. The number of hydrogen-bond donors (Lipinski definition) is 0. The molecular weight excluding hydrogens is 180 g/mol. The molecule has 0 amide bonds. The zero-order chi connectivity index (χ0) is 11.1. The molecule has 0 heteroatoms. The van der Waals surface area contributed by atoms with Crippen molar-refractivity contribution in [1.82, 2.24) is 0 Å². The van der Waals surface area contributed by atoms with Gasteiger partial charge in [-0.2, -0.15) is 0 Å². The van der Waals surface area contributed by atoms with Gasteiger partial charge in [0.05, 0.1) is 0 Å². The second-order valence-corrected chi connectivity index (χ2v) is 5.40. The van der Waals surface area contributed by atoms with Gasteiger partial charge in [0.1, 0.15) is 0 Å². The van der Waals surface area contributed by atoms with E-state index in [-0.39, 0.29) is 0 Å². The second-order valence-electron chi connectivity index (χ2n) is 5.40. The predicted molar refractivity (Wildman–Crippen MR) is 65.0 cm³/mol. The fraction of sp³-hybridized carbons (Fsp3) is 0.467. The van der Waals surface area contributed by atoms with Crippen LogP contribution in [0.1, 0.15) is 43.9 Å². The van der Waals surface area contributed by atoms with E-state index < -0.39 is 0 Å². The van der Waals surface area contributed by atoms with Crippen LogP contribution in [-0.4, -0.2) is 0 Å². The van der Waals surface area contributed by atoms with E-state index in [2.05, 4.69) is 32.0 Å². The summed E-state index contributed by atoms with van der Waals surface area (Å²) < 4.78 is 0. The minimum absolute atomic E-state index is 0.355. The number of fused-ring (bicyclic) bond motifs is 1. The lowest BCUT2D eigenvalue weighted by Crippen LogP contribution is -2.12. The lowest BCUT2D eigenvalue weighted by Gasteiger charge is -2.19. The van der Waals surface area contributed by atoms with Crippen LogP contribution in [-0.2, 0) is 18.3 Å². The lowest BCUT2D eigenvalue weighted by atomic mass is 9.85. The first kappa shape index (κ1) is 10.5. The van der Waals surface area contributed by atoms with Crippen LogP contribution in [0.5, 0.6) is 0 Å². The Kier molecular flexibility index (Phi) is 2.46. The molecule has 0 aliphatic heterocycles. The Morgan fingerprint density at radius 1 is 1.40 bits per heavy atom. The summed E-state index contributed by atoms with van der Waals surface area (Å²) in [5, 5.41) is 0. The highest BCUT2D eigenvalue weighted by Gasteiger charge is 2.29. The highest BCUT2D eigenvalue weighted by Crippen LogP contribution is 2.38. The molecule has 15 heavy (non-hydrogen) atoms. The Bertz CT molecular complexity index is 396. The summed E-state index contributed by atoms with van der Waals surface area (Å²) in [6.45, 7) is 12.4. The standard InChI is InChI=1S/C15H19/c1-11(2)9-12-5-6-13-7-8-15(3,4)14(13)10-12/h1,5-6,10H,7-9H2,2-4H3. The maximum Gasteiger partial charge on any atom is -0.00667 e. The zero-order valence-electron chi connectivity index (χ0n) is 9.93. The predicted octanol–water partition coefficient (Wildman–Crippen LogP) is 3.83. The van der Waals surface area contributed by atoms with E-state index >= 15 is 0 Å². The van der Waals surface area contributed by atoms with Crippen molar-refractivity contribution in [3.8, 4) is 0 Å². The van der Waals surface area contributed by atoms with Gasteiger partial charge in [-0.3, -0.25) is 0 Å². The summed E-state index contributed by atoms with van der Waals surface area (Å²) >= 11 is 0. The summed E-state index contributed by atoms with van der Waals surface area (Å²) in [4.78, 5) is 0. The highest BCUT2D eigenvalue weighted by molar-refractivity contribution is 5.41. The second kappa shape index (κ2) is 3.52. The molecule has 0 spiro atoms. The number of benzene rings is 1. The van der Waals surface area contributed by atoms with Crippen molar-refractivity contribution >= 4 is 0 Å². The van der Waals surface area contributed by atoms with Crippen molar-refractivity contribution in [3.63, 3.8) is 0 Å². The number of aryl methyl sites for hydroxylation is 1. The molecule has 0 N–H and O–H groups in total. The van der Waals surface area contributed by atoms with Gasteiger partial charge >= 0.3 is 0 Å². The summed E-state index contributed by atoms with van der Waals surface area (Å²) in [5.74, 6) is 0. The number of hydrogen-bond acceptors (Lipinski definition) is 0. The van der Waals surface area contributed by atoms with E-state index in [0.717, 1.165) is 12.0 Å². The first-order chi connectivity index (χ1) is 6.99. The normalized spacial score (nSPS) is 17.5. The molecule has 1 radical (unpaired) electrons. The van der Waals surface area contributed by atoms with Crippen LogP contribution < -0.4 is 0 Å². The van der Waals surface area contributed by atoms with Crippen LogP contribution in [0.4, 0.5) is 0 Å². The van der Waals surface area contributed by atoms with Gasteiger partial charge in [-0.05, 0) is 48.3 Å². The third kappa shape index (κ3) is 1.99. The van der Waals surface area contributed by atoms with Crippen LogP contribution in [0.3, 0.4) is 0 Å². The van der Waals surface area contributed by atoms with Crippen molar-refractivity contribution in [1.29, 1.82) is 0 Å². The quantitative estimate of drug-likeness (QED) is 0.679. The SMILES string of the molecule is [CH]=C(C)Cc1ccc2c(c1)C(C)(C)CC2. The average molecular weight is 199 g/mol. The third-order valence-electron chi connectivity index (χ3n) is 3.41. The van der Waals surface area contributed by atoms with E-state index in [1.165, 1.54) is 29.5 Å². The summed E-state index contributed by atoms with van der Waals surface area (Å²) in [6, 6.07) is 6.84. The molecule has 79 valence electrons. The first-order valence-electron chi connectivity index (χ1n) is 5.69. The summed E-state index contributed by atoms with van der Waals surface area (Å²) in [5.41, 5.74) is 5.75. The summed E-state index contributed by atoms with van der Waals surface area (Å²) in [7, 11) is 0. The molecule has 1 aromatic rings. The van der Waals surface area contributed by atoms with Gasteiger partial charge in [0.2, 0.25) is 0 Å². The molecule has 1 aliphatic rings. The van der Waals surface area contributed by atoms with Crippen molar-refractivity contribution < 1.29 is 0 Å².